The van der Waals surface area contributed by atoms with Crippen molar-refractivity contribution in [3.05, 3.63) is 33.3 Å². The fourth-order valence-electron chi connectivity index (χ4n) is 2.58. The first-order valence-electron chi connectivity index (χ1n) is 5.94. The molecule has 1 saturated carbocycles. The standard InChI is InChI=1S/C14H19BrClN/c1-13(2)12(14(13,3)4)17-8-9-5-6-10(16)7-11(9)15/h5-7,12,17H,8H2,1-4H3. The Morgan fingerprint density at radius 1 is 1.24 bits per heavy atom. The van der Waals surface area contributed by atoms with Crippen LogP contribution in [0.4, 0.5) is 0 Å². The van der Waals surface area contributed by atoms with Crippen LogP contribution in [0.15, 0.2) is 22.7 Å². The molecule has 17 heavy (non-hydrogen) atoms. The van der Waals surface area contributed by atoms with Gasteiger partial charge >= 0.3 is 0 Å². The number of rotatable bonds is 3. The Balaban J connectivity index is 2.00. The molecule has 1 fully saturated rings. The minimum atomic E-state index is 0.381. The quantitative estimate of drug-likeness (QED) is 0.857. The summed E-state index contributed by atoms with van der Waals surface area (Å²) in [5.41, 5.74) is 2.02. The maximum absolute atomic E-state index is 5.93. The molecule has 0 aliphatic heterocycles. The molecule has 0 saturated heterocycles. The van der Waals surface area contributed by atoms with Crippen LogP contribution in [-0.4, -0.2) is 6.04 Å². The van der Waals surface area contributed by atoms with Crippen LogP contribution in [0.5, 0.6) is 0 Å². The molecule has 0 radical (unpaired) electrons. The predicted octanol–water partition coefficient (Wildman–Crippen LogP) is 4.63. The molecule has 0 atom stereocenters. The summed E-state index contributed by atoms with van der Waals surface area (Å²) in [5, 5.41) is 4.41. The number of hydrogen-bond donors (Lipinski definition) is 1. The highest BCUT2D eigenvalue weighted by atomic mass is 79.9. The molecule has 0 spiro atoms. The van der Waals surface area contributed by atoms with Gasteiger partial charge in [0, 0.05) is 22.1 Å². The highest BCUT2D eigenvalue weighted by Gasteiger charge is 2.64. The molecular weight excluding hydrogens is 298 g/mol. The number of halogens is 2. The number of nitrogens with one attached hydrogen (secondary N) is 1. The lowest BCUT2D eigenvalue weighted by atomic mass is 10.0. The first kappa shape index (κ1) is 13.4. The third kappa shape index (κ3) is 2.27. The molecule has 0 amide bonds. The minimum absolute atomic E-state index is 0.381. The smallest absolute Gasteiger partial charge is 0.0417 e. The van der Waals surface area contributed by atoms with Gasteiger partial charge in [0.1, 0.15) is 0 Å². The summed E-state index contributed by atoms with van der Waals surface area (Å²) in [7, 11) is 0. The average Bonchev–Trinajstić information content (AvgIpc) is 2.58. The van der Waals surface area contributed by atoms with Gasteiger partial charge in [0.05, 0.1) is 0 Å². The van der Waals surface area contributed by atoms with Crippen molar-refractivity contribution < 1.29 is 0 Å². The Bertz CT molecular complexity index is 426. The monoisotopic (exact) mass is 315 g/mol. The van der Waals surface area contributed by atoms with E-state index < -0.39 is 0 Å². The van der Waals surface area contributed by atoms with Gasteiger partial charge in [-0.3, -0.25) is 0 Å². The SMILES string of the molecule is CC1(C)C(NCc2ccc(Cl)cc2Br)C1(C)C. The summed E-state index contributed by atoms with van der Waals surface area (Å²) in [6.45, 7) is 10.2. The summed E-state index contributed by atoms with van der Waals surface area (Å²) in [6, 6.07) is 6.54. The third-order valence-corrected chi connectivity index (χ3v) is 5.51. The van der Waals surface area contributed by atoms with Gasteiger partial charge in [0.2, 0.25) is 0 Å². The Hall–Kier alpha value is -0.0500. The van der Waals surface area contributed by atoms with Gasteiger partial charge in [-0.2, -0.15) is 0 Å². The lowest BCUT2D eigenvalue weighted by Gasteiger charge is -2.08. The lowest BCUT2D eigenvalue weighted by Crippen LogP contribution is -2.21. The minimum Gasteiger partial charge on any atom is -0.309 e. The van der Waals surface area contributed by atoms with Gasteiger partial charge in [0.15, 0.2) is 0 Å². The maximum Gasteiger partial charge on any atom is 0.0417 e. The molecule has 0 aromatic heterocycles. The van der Waals surface area contributed by atoms with Crippen LogP contribution < -0.4 is 5.32 Å². The summed E-state index contributed by atoms with van der Waals surface area (Å²) in [5.74, 6) is 0. The van der Waals surface area contributed by atoms with Gasteiger partial charge in [-0.15, -0.1) is 0 Å². The summed E-state index contributed by atoms with van der Waals surface area (Å²) >= 11 is 9.48. The largest absolute Gasteiger partial charge is 0.309 e. The zero-order valence-corrected chi connectivity index (χ0v) is 13.1. The fraction of sp³-hybridized carbons (Fsp3) is 0.571. The molecule has 1 aliphatic rings. The zero-order valence-electron chi connectivity index (χ0n) is 10.8. The van der Waals surface area contributed by atoms with Gasteiger partial charge in [-0.1, -0.05) is 61.3 Å². The van der Waals surface area contributed by atoms with E-state index in [2.05, 4.69) is 55.0 Å². The zero-order chi connectivity index (χ0) is 12.8. The van der Waals surface area contributed by atoms with Crippen LogP contribution in [0.2, 0.25) is 5.02 Å². The van der Waals surface area contributed by atoms with Crippen molar-refractivity contribution in [2.75, 3.05) is 0 Å². The normalized spacial score (nSPS) is 21.5. The van der Waals surface area contributed by atoms with E-state index in [1.165, 1.54) is 5.56 Å². The molecule has 94 valence electrons. The topological polar surface area (TPSA) is 12.0 Å². The molecule has 3 heteroatoms. The van der Waals surface area contributed by atoms with Gasteiger partial charge in [0.25, 0.3) is 0 Å². The van der Waals surface area contributed by atoms with Gasteiger partial charge in [-0.05, 0) is 28.5 Å². The molecule has 1 aromatic carbocycles. The van der Waals surface area contributed by atoms with Crippen molar-refractivity contribution in [1.29, 1.82) is 0 Å². The first-order chi connectivity index (χ1) is 7.76. The highest BCUT2D eigenvalue weighted by molar-refractivity contribution is 9.10. The Kier molecular flexibility index (Phi) is 3.35. The number of hydrogen-bond acceptors (Lipinski definition) is 1. The van der Waals surface area contributed by atoms with Crippen molar-refractivity contribution in [3.63, 3.8) is 0 Å². The van der Waals surface area contributed by atoms with Crippen molar-refractivity contribution in [2.45, 2.75) is 40.3 Å². The molecule has 1 nitrogen and oxygen atoms in total. The van der Waals surface area contributed by atoms with Crippen LogP contribution in [0.25, 0.3) is 0 Å². The fourth-order valence-corrected chi connectivity index (χ4v) is 3.41. The van der Waals surface area contributed by atoms with Crippen LogP contribution in [0, 0.1) is 10.8 Å². The summed E-state index contributed by atoms with van der Waals surface area (Å²) in [6.07, 6.45) is 0. The maximum atomic E-state index is 5.93. The molecule has 2 rings (SSSR count). The van der Waals surface area contributed by atoms with E-state index >= 15 is 0 Å². The molecule has 1 aromatic rings. The molecule has 1 aliphatic carbocycles. The van der Waals surface area contributed by atoms with Gasteiger partial charge in [-0.25, -0.2) is 0 Å². The lowest BCUT2D eigenvalue weighted by molar-refractivity contribution is 0.457. The molecule has 1 N–H and O–H groups in total. The van der Waals surface area contributed by atoms with Crippen LogP contribution in [0.3, 0.4) is 0 Å². The highest BCUT2D eigenvalue weighted by Crippen LogP contribution is 2.62. The van der Waals surface area contributed by atoms with Crippen LogP contribution in [0.1, 0.15) is 33.3 Å². The van der Waals surface area contributed by atoms with Gasteiger partial charge < -0.3 is 5.32 Å². The molecule has 0 bridgehead atoms. The van der Waals surface area contributed by atoms with Crippen molar-refractivity contribution in [1.82, 2.24) is 5.32 Å². The van der Waals surface area contributed by atoms with E-state index in [0.717, 1.165) is 16.0 Å². The Morgan fingerprint density at radius 3 is 2.29 bits per heavy atom. The number of benzene rings is 1. The van der Waals surface area contributed by atoms with E-state index in [0.29, 0.717) is 16.9 Å². The second-order valence-corrected chi connectivity index (χ2v) is 7.28. The van der Waals surface area contributed by atoms with Crippen molar-refractivity contribution in [3.8, 4) is 0 Å². The van der Waals surface area contributed by atoms with E-state index in [1.54, 1.807) is 0 Å². The molecule has 0 heterocycles. The van der Waals surface area contributed by atoms with E-state index in [1.807, 2.05) is 12.1 Å². The summed E-state index contributed by atoms with van der Waals surface area (Å²) in [4.78, 5) is 0. The van der Waals surface area contributed by atoms with Crippen molar-refractivity contribution >= 4 is 27.5 Å². The predicted molar refractivity (Wildman–Crippen MR) is 77.3 cm³/mol. The second-order valence-electron chi connectivity index (χ2n) is 5.99. The molecular formula is C14H19BrClN. The van der Waals surface area contributed by atoms with Crippen LogP contribution >= 0.6 is 27.5 Å². The Labute approximate surface area is 117 Å². The second kappa shape index (κ2) is 4.25. The van der Waals surface area contributed by atoms with Crippen molar-refractivity contribution in [2.24, 2.45) is 10.8 Å². The van der Waals surface area contributed by atoms with E-state index in [-0.39, 0.29) is 0 Å². The molecule has 0 unspecified atom stereocenters. The third-order valence-electron chi connectivity index (χ3n) is 4.53. The van der Waals surface area contributed by atoms with E-state index in [9.17, 15) is 0 Å². The van der Waals surface area contributed by atoms with Crippen LogP contribution in [-0.2, 0) is 6.54 Å². The average molecular weight is 317 g/mol. The first-order valence-corrected chi connectivity index (χ1v) is 7.11. The van der Waals surface area contributed by atoms with E-state index in [4.69, 9.17) is 11.6 Å². The summed E-state index contributed by atoms with van der Waals surface area (Å²) < 4.78 is 1.08. The Morgan fingerprint density at radius 2 is 1.82 bits per heavy atom.